The summed E-state index contributed by atoms with van der Waals surface area (Å²) in [7, 11) is 1.77. The summed E-state index contributed by atoms with van der Waals surface area (Å²) < 4.78 is 39.3. The zero-order valence-corrected chi connectivity index (χ0v) is 10.9. The smallest absolute Gasteiger partial charge is 0.327 e. The quantitative estimate of drug-likeness (QED) is 0.919. The molecule has 1 saturated carbocycles. The van der Waals surface area contributed by atoms with Gasteiger partial charge >= 0.3 is 6.18 Å². The molecule has 2 N–H and O–H groups in total. The van der Waals surface area contributed by atoms with E-state index in [1.165, 1.54) is 0 Å². The molecule has 1 heterocycles. The van der Waals surface area contributed by atoms with E-state index in [4.69, 9.17) is 5.73 Å². The van der Waals surface area contributed by atoms with Crippen LogP contribution in [0.15, 0.2) is 6.20 Å². The largest absolute Gasteiger partial charge is 0.391 e. The molecule has 0 aromatic carbocycles. The van der Waals surface area contributed by atoms with Gasteiger partial charge in [-0.2, -0.15) is 13.2 Å². The van der Waals surface area contributed by atoms with Crippen LogP contribution in [0.25, 0.3) is 0 Å². The Hall–Kier alpha value is -1.11. The van der Waals surface area contributed by atoms with Crippen LogP contribution in [0.4, 0.5) is 13.2 Å². The van der Waals surface area contributed by atoms with Crippen molar-refractivity contribution in [2.45, 2.75) is 44.3 Å². The van der Waals surface area contributed by atoms with Crippen LogP contribution in [0.2, 0.25) is 0 Å². The van der Waals surface area contributed by atoms with Crippen LogP contribution in [0.5, 0.6) is 0 Å². The molecule has 2 rings (SSSR count). The van der Waals surface area contributed by atoms with Crippen molar-refractivity contribution in [1.82, 2.24) is 15.0 Å². The molecule has 108 valence electrons. The molecule has 1 unspecified atom stereocenters. The van der Waals surface area contributed by atoms with Gasteiger partial charge in [0, 0.05) is 25.7 Å². The standard InChI is InChI=1S/C12H19F3N4/c1-19-7-10(17-18-19)6-11(16)8-2-4-9(5-3-8)12(13,14)15/h7-9,11H,2-6,16H2,1H3. The first-order valence-electron chi connectivity index (χ1n) is 6.53. The first kappa shape index (κ1) is 14.3. The number of aryl methyl sites for hydroxylation is 1. The highest BCUT2D eigenvalue weighted by Gasteiger charge is 2.42. The Morgan fingerprint density at radius 2 is 2.00 bits per heavy atom. The Morgan fingerprint density at radius 3 is 2.47 bits per heavy atom. The van der Waals surface area contributed by atoms with E-state index < -0.39 is 12.1 Å². The maximum absolute atomic E-state index is 12.6. The first-order chi connectivity index (χ1) is 8.86. The minimum absolute atomic E-state index is 0.133. The number of nitrogens with two attached hydrogens (primary N) is 1. The molecule has 0 radical (unpaired) electrons. The van der Waals surface area contributed by atoms with Gasteiger partial charge in [-0.05, 0) is 31.6 Å². The fourth-order valence-corrected chi connectivity index (χ4v) is 2.77. The third-order valence-corrected chi connectivity index (χ3v) is 3.94. The van der Waals surface area contributed by atoms with Gasteiger partial charge in [0.15, 0.2) is 0 Å². The van der Waals surface area contributed by atoms with Crippen LogP contribution < -0.4 is 5.73 Å². The number of hydrogen-bond acceptors (Lipinski definition) is 3. The lowest BCUT2D eigenvalue weighted by molar-refractivity contribution is -0.184. The predicted molar refractivity (Wildman–Crippen MR) is 64.2 cm³/mol. The second-order valence-corrected chi connectivity index (χ2v) is 5.40. The third-order valence-electron chi connectivity index (χ3n) is 3.94. The van der Waals surface area contributed by atoms with E-state index in [2.05, 4.69) is 10.3 Å². The van der Waals surface area contributed by atoms with Crippen molar-refractivity contribution in [3.63, 3.8) is 0 Å². The molecule has 7 heteroatoms. The lowest BCUT2D eigenvalue weighted by Crippen LogP contribution is -2.37. The Balaban J connectivity index is 1.84. The average Bonchev–Trinajstić information content (AvgIpc) is 2.74. The molecular formula is C12H19F3N4. The fourth-order valence-electron chi connectivity index (χ4n) is 2.77. The van der Waals surface area contributed by atoms with Gasteiger partial charge in [-0.1, -0.05) is 5.21 Å². The van der Waals surface area contributed by atoms with Crippen LogP contribution >= 0.6 is 0 Å². The lowest BCUT2D eigenvalue weighted by atomic mass is 9.77. The monoisotopic (exact) mass is 276 g/mol. The van der Waals surface area contributed by atoms with E-state index in [1.54, 1.807) is 17.9 Å². The second-order valence-electron chi connectivity index (χ2n) is 5.40. The highest BCUT2D eigenvalue weighted by Crippen LogP contribution is 2.40. The van der Waals surface area contributed by atoms with E-state index in [9.17, 15) is 13.2 Å². The van der Waals surface area contributed by atoms with Gasteiger partial charge in [0.25, 0.3) is 0 Å². The molecular weight excluding hydrogens is 257 g/mol. The number of alkyl halides is 3. The van der Waals surface area contributed by atoms with Gasteiger partial charge in [-0.15, -0.1) is 5.10 Å². The van der Waals surface area contributed by atoms with E-state index in [0.29, 0.717) is 19.3 Å². The van der Waals surface area contributed by atoms with E-state index in [0.717, 1.165) is 5.69 Å². The lowest BCUT2D eigenvalue weighted by Gasteiger charge is -2.32. The molecule has 1 atom stereocenters. The average molecular weight is 276 g/mol. The minimum atomic E-state index is -4.06. The summed E-state index contributed by atoms with van der Waals surface area (Å²) in [6.45, 7) is 0. The van der Waals surface area contributed by atoms with Gasteiger partial charge in [0.2, 0.25) is 0 Å². The molecule has 0 aliphatic heterocycles. The Kier molecular flexibility index (Phi) is 4.13. The predicted octanol–water partition coefficient (Wildman–Crippen LogP) is 2.05. The van der Waals surface area contributed by atoms with Crippen LogP contribution in [0.1, 0.15) is 31.4 Å². The van der Waals surface area contributed by atoms with Crippen molar-refractivity contribution < 1.29 is 13.2 Å². The van der Waals surface area contributed by atoms with Crippen molar-refractivity contribution in [2.75, 3.05) is 0 Å². The fraction of sp³-hybridized carbons (Fsp3) is 0.833. The number of halogens is 3. The van der Waals surface area contributed by atoms with Crippen molar-refractivity contribution in [3.8, 4) is 0 Å². The number of nitrogens with zero attached hydrogens (tertiary/aromatic N) is 3. The summed E-state index contributed by atoms with van der Waals surface area (Å²) in [6, 6.07) is -0.133. The van der Waals surface area contributed by atoms with Gasteiger partial charge in [0.05, 0.1) is 11.6 Å². The van der Waals surface area contributed by atoms with Crippen LogP contribution in [-0.4, -0.2) is 27.2 Å². The number of hydrogen-bond donors (Lipinski definition) is 1. The second kappa shape index (κ2) is 5.48. The molecule has 1 aliphatic carbocycles. The van der Waals surface area contributed by atoms with Crippen LogP contribution in [0, 0.1) is 11.8 Å². The zero-order chi connectivity index (χ0) is 14.0. The van der Waals surface area contributed by atoms with Crippen molar-refractivity contribution in [1.29, 1.82) is 0 Å². The molecule has 0 spiro atoms. The Bertz CT molecular complexity index is 407. The van der Waals surface area contributed by atoms with Crippen molar-refractivity contribution >= 4 is 0 Å². The first-order valence-corrected chi connectivity index (χ1v) is 6.53. The molecule has 4 nitrogen and oxygen atoms in total. The molecule has 0 bridgehead atoms. The molecule has 1 aromatic heterocycles. The molecule has 0 saturated heterocycles. The number of aromatic nitrogens is 3. The van der Waals surface area contributed by atoms with E-state index in [-0.39, 0.29) is 24.8 Å². The molecule has 1 fully saturated rings. The minimum Gasteiger partial charge on any atom is -0.327 e. The zero-order valence-electron chi connectivity index (χ0n) is 10.9. The normalized spacial score (nSPS) is 26.4. The van der Waals surface area contributed by atoms with Gasteiger partial charge in [-0.3, -0.25) is 4.68 Å². The number of rotatable bonds is 3. The molecule has 1 aromatic rings. The highest BCUT2D eigenvalue weighted by atomic mass is 19.4. The maximum atomic E-state index is 12.6. The topological polar surface area (TPSA) is 56.7 Å². The van der Waals surface area contributed by atoms with E-state index >= 15 is 0 Å². The van der Waals surface area contributed by atoms with E-state index in [1.807, 2.05) is 0 Å². The van der Waals surface area contributed by atoms with Gasteiger partial charge < -0.3 is 5.73 Å². The van der Waals surface area contributed by atoms with Crippen LogP contribution in [-0.2, 0) is 13.5 Å². The van der Waals surface area contributed by atoms with Crippen molar-refractivity contribution in [2.24, 2.45) is 24.6 Å². The molecule has 1 aliphatic rings. The summed E-state index contributed by atoms with van der Waals surface area (Å²) in [5.41, 5.74) is 6.88. The third kappa shape index (κ3) is 3.68. The Labute approximate surface area is 110 Å². The summed E-state index contributed by atoms with van der Waals surface area (Å²) in [5, 5.41) is 7.78. The van der Waals surface area contributed by atoms with Gasteiger partial charge in [0.1, 0.15) is 0 Å². The van der Waals surface area contributed by atoms with Crippen molar-refractivity contribution in [3.05, 3.63) is 11.9 Å². The molecule has 19 heavy (non-hydrogen) atoms. The Morgan fingerprint density at radius 1 is 1.37 bits per heavy atom. The summed E-state index contributed by atoms with van der Waals surface area (Å²) in [4.78, 5) is 0. The molecule has 0 amide bonds. The summed E-state index contributed by atoms with van der Waals surface area (Å²) in [5.74, 6) is -0.993. The highest BCUT2D eigenvalue weighted by molar-refractivity contribution is 4.97. The maximum Gasteiger partial charge on any atom is 0.391 e. The van der Waals surface area contributed by atoms with Crippen LogP contribution in [0.3, 0.4) is 0 Å². The summed E-state index contributed by atoms with van der Waals surface area (Å²) in [6.07, 6.45) is -0.196. The SMILES string of the molecule is Cn1cc(CC(N)C2CCC(C(F)(F)F)CC2)nn1. The summed E-state index contributed by atoms with van der Waals surface area (Å²) >= 11 is 0. The van der Waals surface area contributed by atoms with Gasteiger partial charge in [-0.25, -0.2) is 0 Å².